The molecular weight excluding hydrogens is 370 g/mol. The Balaban J connectivity index is 1.58. The highest BCUT2D eigenvalue weighted by molar-refractivity contribution is 7.22. The van der Waals surface area contributed by atoms with E-state index < -0.39 is 0 Å². The number of nitrogens with zero attached hydrogens (tertiary/aromatic N) is 2. The van der Waals surface area contributed by atoms with E-state index in [0.29, 0.717) is 17.2 Å². The number of amides is 1. The van der Waals surface area contributed by atoms with Crippen LogP contribution >= 0.6 is 11.3 Å². The lowest BCUT2D eigenvalue weighted by atomic mass is 10.1. The molecule has 0 atom stereocenters. The van der Waals surface area contributed by atoms with E-state index >= 15 is 0 Å². The quantitative estimate of drug-likeness (QED) is 0.563. The molecule has 0 unspecified atom stereocenters. The Labute approximate surface area is 166 Å². The van der Waals surface area contributed by atoms with E-state index in [4.69, 9.17) is 0 Å². The summed E-state index contributed by atoms with van der Waals surface area (Å²) in [6.07, 6.45) is 1.60. The third-order valence-electron chi connectivity index (χ3n) is 4.52. The number of fused-ring (bicyclic) bond motifs is 1. The van der Waals surface area contributed by atoms with E-state index in [1.54, 1.807) is 16.8 Å². The Morgan fingerprint density at radius 1 is 1.11 bits per heavy atom. The van der Waals surface area contributed by atoms with E-state index in [2.05, 4.69) is 10.3 Å². The molecule has 2 aromatic carbocycles. The van der Waals surface area contributed by atoms with E-state index in [9.17, 15) is 9.59 Å². The van der Waals surface area contributed by atoms with Gasteiger partial charge >= 0.3 is 0 Å². The Morgan fingerprint density at radius 3 is 2.71 bits per heavy atom. The lowest BCUT2D eigenvalue weighted by molar-refractivity contribution is 0.102. The molecule has 4 aromatic rings. The number of aryl methyl sites for hydroxylation is 2. The summed E-state index contributed by atoms with van der Waals surface area (Å²) in [6, 6.07) is 16.9. The minimum absolute atomic E-state index is 0.145. The smallest absolute Gasteiger partial charge is 0.258 e. The van der Waals surface area contributed by atoms with Gasteiger partial charge in [0.15, 0.2) is 5.13 Å². The number of benzene rings is 2. The number of aromatic nitrogens is 2. The molecule has 2 heterocycles. The molecule has 0 bridgehead atoms. The maximum Gasteiger partial charge on any atom is 0.258 e. The predicted octanol–water partition coefficient (Wildman–Crippen LogP) is 4.38. The van der Waals surface area contributed by atoms with Crippen molar-refractivity contribution in [3.63, 3.8) is 0 Å². The van der Waals surface area contributed by atoms with Gasteiger partial charge in [0.1, 0.15) is 0 Å². The van der Waals surface area contributed by atoms with Crippen molar-refractivity contribution >= 4 is 32.6 Å². The van der Waals surface area contributed by atoms with Gasteiger partial charge in [0.05, 0.1) is 22.3 Å². The largest absolute Gasteiger partial charge is 0.310 e. The molecule has 140 valence electrons. The van der Waals surface area contributed by atoms with Gasteiger partial charge in [0.2, 0.25) is 0 Å². The average molecular weight is 389 g/mol. The van der Waals surface area contributed by atoms with Crippen molar-refractivity contribution in [2.45, 2.75) is 20.4 Å². The van der Waals surface area contributed by atoms with Crippen LogP contribution in [0.2, 0.25) is 0 Å². The maximum absolute atomic E-state index is 12.7. The van der Waals surface area contributed by atoms with Gasteiger partial charge in [0.25, 0.3) is 11.5 Å². The Hall–Kier alpha value is -3.25. The van der Waals surface area contributed by atoms with Gasteiger partial charge in [0, 0.05) is 12.3 Å². The molecule has 0 aliphatic heterocycles. The topological polar surface area (TPSA) is 64.0 Å². The van der Waals surface area contributed by atoms with Crippen molar-refractivity contribution in [2.75, 3.05) is 5.32 Å². The third kappa shape index (κ3) is 3.73. The van der Waals surface area contributed by atoms with E-state index in [1.807, 2.05) is 56.3 Å². The van der Waals surface area contributed by atoms with Gasteiger partial charge in [-0.3, -0.25) is 14.9 Å². The van der Waals surface area contributed by atoms with Crippen molar-refractivity contribution in [3.8, 4) is 0 Å². The first-order valence-electron chi connectivity index (χ1n) is 8.93. The molecule has 0 aliphatic rings. The van der Waals surface area contributed by atoms with E-state index in [1.165, 1.54) is 17.4 Å². The fourth-order valence-electron chi connectivity index (χ4n) is 3.11. The molecule has 2 aromatic heterocycles. The standard InChI is InChI=1S/C22H19N3O2S/c1-14-5-3-7-16(11-14)12-25-13-17(9-10-19(25)26)21(27)24-22-23-20-15(2)6-4-8-18(20)28-22/h3-11,13H,12H2,1-2H3,(H,23,24,27). The van der Waals surface area contributed by atoms with Crippen LogP contribution in [0.3, 0.4) is 0 Å². The van der Waals surface area contributed by atoms with Crippen molar-refractivity contribution < 1.29 is 4.79 Å². The minimum Gasteiger partial charge on any atom is -0.310 e. The summed E-state index contributed by atoms with van der Waals surface area (Å²) in [5.41, 5.74) is 4.39. The molecule has 5 nitrogen and oxygen atoms in total. The molecule has 0 saturated heterocycles. The number of rotatable bonds is 4. The molecule has 0 fully saturated rings. The second-order valence-electron chi connectivity index (χ2n) is 6.77. The maximum atomic E-state index is 12.7. The zero-order chi connectivity index (χ0) is 19.7. The zero-order valence-electron chi connectivity index (χ0n) is 15.6. The first-order valence-corrected chi connectivity index (χ1v) is 9.75. The summed E-state index contributed by atoms with van der Waals surface area (Å²) in [5.74, 6) is -0.283. The fraction of sp³-hybridized carbons (Fsp3) is 0.136. The van der Waals surface area contributed by atoms with Crippen molar-refractivity contribution in [1.82, 2.24) is 9.55 Å². The zero-order valence-corrected chi connectivity index (χ0v) is 16.4. The van der Waals surface area contributed by atoms with Gasteiger partial charge in [-0.1, -0.05) is 53.3 Å². The third-order valence-corrected chi connectivity index (χ3v) is 5.46. The van der Waals surface area contributed by atoms with E-state index in [-0.39, 0.29) is 11.5 Å². The molecule has 28 heavy (non-hydrogen) atoms. The van der Waals surface area contributed by atoms with Gasteiger partial charge in [-0.15, -0.1) is 0 Å². The molecule has 0 spiro atoms. The van der Waals surface area contributed by atoms with Gasteiger partial charge in [-0.05, 0) is 37.1 Å². The number of anilines is 1. The van der Waals surface area contributed by atoms with E-state index in [0.717, 1.165) is 26.9 Å². The van der Waals surface area contributed by atoms with Crippen LogP contribution in [0.1, 0.15) is 27.0 Å². The lowest BCUT2D eigenvalue weighted by Crippen LogP contribution is -2.22. The van der Waals surface area contributed by atoms with Crippen molar-refractivity contribution in [2.24, 2.45) is 0 Å². The second kappa shape index (κ2) is 7.40. The number of nitrogens with one attached hydrogen (secondary N) is 1. The first kappa shape index (κ1) is 18.1. The van der Waals surface area contributed by atoms with Gasteiger partial charge in [-0.2, -0.15) is 0 Å². The Morgan fingerprint density at radius 2 is 1.93 bits per heavy atom. The monoisotopic (exact) mass is 389 g/mol. The number of thiazole rings is 1. The summed E-state index contributed by atoms with van der Waals surface area (Å²) in [6.45, 7) is 4.42. The average Bonchev–Trinajstić information content (AvgIpc) is 3.07. The SMILES string of the molecule is Cc1cccc(Cn2cc(C(=O)Nc3nc4c(C)cccc4s3)ccc2=O)c1. The highest BCUT2D eigenvalue weighted by Gasteiger charge is 2.12. The predicted molar refractivity (Wildman–Crippen MR) is 113 cm³/mol. The molecule has 0 saturated carbocycles. The lowest BCUT2D eigenvalue weighted by Gasteiger charge is -2.09. The molecule has 4 rings (SSSR count). The van der Waals surface area contributed by atoms with Crippen LogP contribution in [0, 0.1) is 13.8 Å². The number of carbonyl (C=O) groups is 1. The summed E-state index contributed by atoms with van der Waals surface area (Å²) >= 11 is 1.43. The molecule has 0 radical (unpaired) electrons. The number of pyridine rings is 1. The van der Waals surface area contributed by atoms with Crippen LogP contribution < -0.4 is 10.9 Å². The second-order valence-corrected chi connectivity index (χ2v) is 7.80. The first-order chi connectivity index (χ1) is 13.5. The molecule has 1 amide bonds. The minimum atomic E-state index is -0.283. The summed E-state index contributed by atoms with van der Waals surface area (Å²) < 4.78 is 2.58. The molecule has 6 heteroatoms. The van der Waals surface area contributed by atoms with Gasteiger partial charge in [-0.25, -0.2) is 4.98 Å². The Bertz CT molecular complexity index is 1240. The van der Waals surface area contributed by atoms with Crippen LogP contribution in [0.15, 0.2) is 65.6 Å². The number of para-hydroxylation sites is 1. The normalized spacial score (nSPS) is 10.9. The molecule has 0 aliphatic carbocycles. The van der Waals surface area contributed by atoms with Gasteiger partial charge < -0.3 is 4.57 Å². The summed E-state index contributed by atoms with van der Waals surface area (Å²) in [4.78, 5) is 29.4. The van der Waals surface area contributed by atoms with Crippen LogP contribution in [-0.4, -0.2) is 15.5 Å². The number of hydrogen-bond acceptors (Lipinski definition) is 4. The van der Waals surface area contributed by atoms with Crippen molar-refractivity contribution in [3.05, 3.63) is 93.4 Å². The van der Waals surface area contributed by atoms with Crippen LogP contribution in [0.25, 0.3) is 10.2 Å². The summed E-state index contributed by atoms with van der Waals surface area (Å²) in [5, 5.41) is 3.39. The van der Waals surface area contributed by atoms with Crippen molar-refractivity contribution in [1.29, 1.82) is 0 Å². The van der Waals surface area contributed by atoms with Crippen LogP contribution in [0.5, 0.6) is 0 Å². The summed E-state index contributed by atoms with van der Waals surface area (Å²) in [7, 11) is 0. The van der Waals surface area contributed by atoms with Crippen LogP contribution in [0.4, 0.5) is 5.13 Å². The molecule has 1 N–H and O–H groups in total. The highest BCUT2D eigenvalue weighted by atomic mass is 32.1. The number of hydrogen-bond donors (Lipinski definition) is 1. The molecular formula is C22H19N3O2S. The highest BCUT2D eigenvalue weighted by Crippen LogP contribution is 2.28. The van der Waals surface area contributed by atoms with Crippen LogP contribution in [-0.2, 0) is 6.54 Å². The number of carbonyl (C=O) groups excluding carboxylic acids is 1. The fourth-order valence-corrected chi connectivity index (χ4v) is 4.04. The Kier molecular flexibility index (Phi) is 4.79.